The highest BCUT2D eigenvalue weighted by molar-refractivity contribution is 5.91. The highest BCUT2D eigenvalue weighted by atomic mass is 16.5. The van der Waals surface area contributed by atoms with E-state index >= 15 is 0 Å². The van der Waals surface area contributed by atoms with Crippen molar-refractivity contribution in [1.82, 2.24) is 10.9 Å². The number of hydrogen-bond acceptors (Lipinski definition) is 3. The van der Waals surface area contributed by atoms with Gasteiger partial charge in [-0.1, -0.05) is 30.3 Å². The Balaban J connectivity index is 1.74. The van der Waals surface area contributed by atoms with E-state index in [0.29, 0.717) is 11.4 Å². The van der Waals surface area contributed by atoms with Crippen LogP contribution in [0.3, 0.4) is 0 Å². The number of anilines is 1. The van der Waals surface area contributed by atoms with E-state index in [1.54, 1.807) is 24.3 Å². The highest BCUT2D eigenvalue weighted by Gasteiger charge is 2.07. The molecule has 23 heavy (non-hydrogen) atoms. The van der Waals surface area contributed by atoms with Crippen LogP contribution in [0.5, 0.6) is 5.75 Å². The molecular formula is C17H19N3O3. The summed E-state index contributed by atoms with van der Waals surface area (Å²) in [6.45, 7) is 3.66. The van der Waals surface area contributed by atoms with Crippen molar-refractivity contribution in [3.63, 3.8) is 0 Å². The predicted molar refractivity (Wildman–Crippen MR) is 88.2 cm³/mol. The van der Waals surface area contributed by atoms with E-state index in [2.05, 4.69) is 16.2 Å². The Labute approximate surface area is 134 Å². The predicted octanol–water partition coefficient (Wildman–Crippen LogP) is 2.54. The van der Waals surface area contributed by atoms with Crippen LogP contribution in [0.25, 0.3) is 0 Å². The van der Waals surface area contributed by atoms with Crippen LogP contribution in [0.1, 0.15) is 11.1 Å². The molecule has 2 aromatic carbocycles. The Kier molecular flexibility index (Phi) is 5.57. The fourth-order valence-corrected chi connectivity index (χ4v) is 1.85. The van der Waals surface area contributed by atoms with Crippen LogP contribution in [0, 0.1) is 13.8 Å². The molecule has 0 spiro atoms. The molecule has 0 aromatic heterocycles. The molecular weight excluding hydrogens is 294 g/mol. The number of carbonyl (C=O) groups excluding carboxylic acids is 2. The van der Waals surface area contributed by atoms with Crippen LogP contribution in [0.15, 0.2) is 48.5 Å². The van der Waals surface area contributed by atoms with E-state index in [1.165, 1.54) is 0 Å². The van der Waals surface area contributed by atoms with E-state index in [1.807, 2.05) is 38.1 Å². The first-order valence-corrected chi connectivity index (χ1v) is 7.15. The molecule has 0 fully saturated rings. The average Bonchev–Trinajstić information content (AvgIpc) is 2.54. The van der Waals surface area contributed by atoms with E-state index in [9.17, 15) is 9.59 Å². The molecule has 6 heteroatoms. The smallest absolute Gasteiger partial charge is 0.337 e. The molecule has 0 aliphatic carbocycles. The number of hydrazine groups is 1. The van der Waals surface area contributed by atoms with Crippen LogP contribution >= 0.6 is 0 Å². The third-order valence-electron chi connectivity index (χ3n) is 3.05. The second-order valence-corrected chi connectivity index (χ2v) is 5.05. The Morgan fingerprint density at radius 3 is 2.48 bits per heavy atom. The standard InChI is InChI=1S/C17H19N3O3/c1-12-8-9-13(2)15(10-12)23-11-16(21)19-20-17(22)18-14-6-4-3-5-7-14/h3-10H,11H2,1-2H3,(H,19,21)(H2,18,20,22). The van der Waals surface area contributed by atoms with Crippen molar-refractivity contribution in [2.24, 2.45) is 0 Å². The number of urea groups is 1. The molecule has 0 bridgehead atoms. The molecule has 0 saturated carbocycles. The molecule has 2 rings (SSSR count). The van der Waals surface area contributed by atoms with Gasteiger partial charge in [0.2, 0.25) is 0 Å². The van der Waals surface area contributed by atoms with Gasteiger partial charge in [0.15, 0.2) is 6.61 Å². The summed E-state index contributed by atoms with van der Waals surface area (Å²) >= 11 is 0. The van der Waals surface area contributed by atoms with Gasteiger partial charge in [0, 0.05) is 5.69 Å². The highest BCUT2D eigenvalue weighted by Crippen LogP contribution is 2.18. The normalized spacial score (nSPS) is 9.83. The quantitative estimate of drug-likeness (QED) is 0.759. The van der Waals surface area contributed by atoms with Crippen LogP contribution in [0.4, 0.5) is 10.5 Å². The zero-order valence-corrected chi connectivity index (χ0v) is 13.1. The second kappa shape index (κ2) is 7.84. The number of rotatable bonds is 4. The summed E-state index contributed by atoms with van der Waals surface area (Å²) in [6, 6.07) is 14.1. The van der Waals surface area contributed by atoms with Crippen LogP contribution in [-0.4, -0.2) is 18.5 Å². The zero-order chi connectivity index (χ0) is 16.7. The van der Waals surface area contributed by atoms with E-state index in [4.69, 9.17) is 4.74 Å². The maximum Gasteiger partial charge on any atom is 0.337 e. The lowest BCUT2D eigenvalue weighted by molar-refractivity contribution is -0.123. The molecule has 0 aliphatic heterocycles. The second-order valence-electron chi connectivity index (χ2n) is 5.05. The summed E-state index contributed by atoms with van der Waals surface area (Å²) in [5.74, 6) is 0.197. The minimum atomic E-state index is -0.531. The molecule has 0 radical (unpaired) electrons. The molecule has 0 heterocycles. The fourth-order valence-electron chi connectivity index (χ4n) is 1.85. The lowest BCUT2D eigenvalue weighted by atomic mass is 10.1. The van der Waals surface area contributed by atoms with Gasteiger partial charge < -0.3 is 10.1 Å². The van der Waals surface area contributed by atoms with Crippen molar-refractivity contribution in [2.45, 2.75) is 13.8 Å². The summed E-state index contributed by atoms with van der Waals surface area (Å²) in [5.41, 5.74) is 7.17. The van der Waals surface area contributed by atoms with Gasteiger partial charge in [0.1, 0.15) is 5.75 Å². The van der Waals surface area contributed by atoms with Crippen LogP contribution in [-0.2, 0) is 4.79 Å². The molecule has 2 aromatic rings. The van der Waals surface area contributed by atoms with Gasteiger partial charge in [-0.05, 0) is 43.2 Å². The molecule has 3 N–H and O–H groups in total. The Morgan fingerprint density at radius 2 is 1.74 bits per heavy atom. The first kappa shape index (κ1) is 16.4. The Bertz CT molecular complexity index is 687. The van der Waals surface area contributed by atoms with E-state index in [-0.39, 0.29) is 6.61 Å². The van der Waals surface area contributed by atoms with E-state index < -0.39 is 11.9 Å². The van der Waals surface area contributed by atoms with Gasteiger partial charge >= 0.3 is 6.03 Å². The molecule has 0 atom stereocenters. The lowest BCUT2D eigenvalue weighted by Crippen LogP contribution is -2.45. The molecule has 0 saturated heterocycles. The van der Waals surface area contributed by atoms with Gasteiger partial charge in [0.25, 0.3) is 5.91 Å². The number of para-hydroxylation sites is 1. The maximum atomic E-state index is 11.7. The molecule has 6 nitrogen and oxygen atoms in total. The van der Waals surface area contributed by atoms with Crippen molar-refractivity contribution >= 4 is 17.6 Å². The lowest BCUT2D eigenvalue weighted by Gasteiger charge is -2.11. The van der Waals surface area contributed by atoms with Crippen molar-refractivity contribution in [3.8, 4) is 5.75 Å². The van der Waals surface area contributed by atoms with Crippen LogP contribution < -0.4 is 20.9 Å². The largest absolute Gasteiger partial charge is 0.483 e. The third kappa shape index (κ3) is 5.35. The third-order valence-corrected chi connectivity index (χ3v) is 3.05. The summed E-state index contributed by atoms with van der Waals surface area (Å²) in [4.78, 5) is 23.3. The van der Waals surface area contributed by atoms with Gasteiger partial charge in [-0.3, -0.25) is 10.2 Å². The van der Waals surface area contributed by atoms with Crippen LogP contribution in [0.2, 0.25) is 0 Å². The van der Waals surface area contributed by atoms with Gasteiger partial charge in [-0.2, -0.15) is 0 Å². The fraction of sp³-hybridized carbons (Fsp3) is 0.176. The molecule has 3 amide bonds. The maximum absolute atomic E-state index is 11.7. The Hall–Kier alpha value is -3.02. The number of ether oxygens (including phenoxy) is 1. The SMILES string of the molecule is Cc1ccc(C)c(OCC(=O)NNC(=O)Nc2ccccc2)c1. The van der Waals surface area contributed by atoms with Crippen molar-refractivity contribution in [2.75, 3.05) is 11.9 Å². The van der Waals surface area contributed by atoms with E-state index in [0.717, 1.165) is 11.1 Å². The minimum Gasteiger partial charge on any atom is -0.483 e. The molecule has 0 unspecified atom stereocenters. The topological polar surface area (TPSA) is 79.5 Å². The summed E-state index contributed by atoms with van der Waals surface area (Å²) in [6.07, 6.45) is 0. The summed E-state index contributed by atoms with van der Waals surface area (Å²) < 4.78 is 5.45. The average molecular weight is 313 g/mol. The molecule has 0 aliphatic rings. The number of benzene rings is 2. The van der Waals surface area contributed by atoms with Crippen molar-refractivity contribution in [3.05, 3.63) is 59.7 Å². The first-order valence-electron chi connectivity index (χ1n) is 7.15. The number of aryl methyl sites for hydroxylation is 2. The summed E-state index contributed by atoms with van der Waals surface area (Å²) in [5, 5.41) is 2.58. The van der Waals surface area contributed by atoms with Crippen molar-refractivity contribution in [1.29, 1.82) is 0 Å². The first-order chi connectivity index (χ1) is 11.0. The number of carbonyl (C=O) groups is 2. The number of hydrogen-bond donors (Lipinski definition) is 3. The zero-order valence-electron chi connectivity index (χ0n) is 13.1. The van der Waals surface area contributed by atoms with Gasteiger partial charge in [-0.25, -0.2) is 10.2 Å². The number of nitrogens with one attached hydrogen (secondary N) is 3. The minimum absolute atomic E-state index is 0.185. The molecule has 120 valence electrons. The van der Waals surface area contributed by atoms with Gasteiger partial charge in [-0.15, -0.1) is 0 Å². The Morgan fingerprint density at radius 1 is 1.00 bits per heavy atom. The number of amides is 3. The monoisotopic (exact) mass is 313 g/mol. The van der Waals surface area contributed by atoms with Gasteiger partial charge in [0.05, 0.1) is 0 Å². The summed E-state index contributed by atoms with van der Waals surface area (Å²) in [7, 11) is 0. The van der Waals surface area contributed by atoms with Crippen molar-refractivity contribution < 1.29 is 14.3 Å².